The highest BCUT2D eigenvalue weighted by Crippen LogP contribution is 2.27. The third-order valence-corrected chi connectivity index (χ3v) is 3.20. The van der Waals surface area contributed by atoms with E-state index in [1.807, 2.05) is 0 Å². The summed E-state index contributed by atoms with van der Waals surface area (Å²) in [5.74, 6) is 0. The number of benzene rings is 1. The van der Waals surface area contributed by atoms with E-state index in [-0.39, 0.29) is 5.54 Å². The Morgan fingerprint density at radius 3 is 2.60 bits per heavy atom. The van der Waals surface area contributed by atoms with Crippen LogP contribution < -0.4 is 10.6 Å². The molecule has 0 radical (unpaired) electrons. The Morgan fingerprint density at radius 2 is 2.07 bits per heavy atom. The van der Waals surface area contributed by atoms with Crippen LogP contribution in [0.25, 0.3) is 0 Å². The molecule has 0 aromatic heterocycles. The van der Waals surface area contributed by atoms with Crippen LogP contribution in [-0.4, -0.2) is 18.6 Å². The average molecular weight is 204 g/mol. The number of anilines is 1. The number of hydrogen-bond acceptors (Lipinski definition) is 2. The van der Waals surface area contributed by atoms with E-state index < -0.39 is 0 Å². The van der Waals surface area contributed by atoms with Gasteiger partial charge in [-0.15, -0.1) is 0 Å². The van der Waals surface area contributed by atoms with Crippen LogP contribution in [0.5, 0.6) is 0 Å². The van der Waals surface area contributed by atoms with E-state index >= 15 is 0 Å². The fourth-order valence-electron chi connectivity index (χ4n) is 2.35. The molecule has 2 nitrogen and oxygen atoms in total. The van der Waals surface area contributed by atoms with Crippen LogP contribution in [0.3, 0.4) is 0 Å². The molecule has 1 aromatic rings. The highest BCUT2D eigenvalue weighted by molar-refractivity contribution is 5.55. The van der Waals surface area contributed by atoms with Crippen LogP contribution in [0.2, 0.25) is 0 Å². The van der Waals surface area contributed by atoms with Gasteiger partial charge in [0.25, 0.3) is 0 Å². The van der Waals surface area contributed by atoms with Gasteiger partial charge in [0.05, 0.1) is 0 Å². The first kappa shape index (κ1) is 10.5. The van der Waals surface area contributed by atoms with Gasteiger partial charge in [-0.2, -0.15) is 0 Å². The van der Waals surface area contributed by atoms with Gasteiger partial charge >= 0.3 is 0 Å². The lowest BCUT2D eigenvalue weighted by molar-refractivity contribution is 0.525. The van der Waals surface area contributed by atoms with Crippen molar-refractivity contribution in [2.45, 2.75) is 32.7 Å². The number of hydrogen-bond donors (Lipinski definition) is 1. The van der Waals surface area contributed by atoms with Gasteiger partial charge in [-0.25, -0.2) is 0 Å². The highest BCUT2D eigenvalue weighted by atomic mass is 15.2. The van der Waals surface area contributed by atoms with Crippen LogP contribution in [-0.2, 0) is 0 Å². The molecule has 0 aliphatic carbocycles. The Kier molecular flexibility index (Phi) is 2.47. The predicted molar refractivity (Wildman–Crippen MR) is 65.3 cm³/mol. The van der Waals surface area contributed by atoms with Gasteiger partial charge in [0.2, 0.25) is 0 Å². The lowest BCUT2D eigenvalue weighted by Gasteiger charge is -2.23. The minimum absolute atomic E-state index is 0.0165. The Morgan fingerprint density at radius 1 is 1.33 bits per heavy atom. The fourth-order valence-corrected chi connectivity index (χ4v) is 2.35. The summed E-state index contributed by atoms with van der Waals surface area (Å²) < 4.78 is 0. The standard InChI is InChI=1S/C13H20N2/c1-10-4-5-12(11(2)8-10)15-7-6-13(3,14)9-15/h4-5,8H,6-7,9,14H2,1-3H3. The molecular weight excluding hydrogens is 184 g/mol. The summed E-state index contributed by atoms with van der Waals surface area (Å²) in [4.78, 5) is 2.40. The molecule has 1 saturated heterocycles. The van der Waals surface area contributed by atoms with Gasteiger partial charge in [0.15, 0.2) is 0 Å². The first-order valence-electron chi connectivity index (χ1n) is 5.59. The zero-order valence-corrected chi connectivity index (χ0v) is 9.88. The molecule has 0 amide bonds. The van der Waals surface area contributed by atoms with E-state index in [0.29, 0.717) is 0 Å². The van der Waals surface area contributed by atoms with Crippen molar-refractivity contribution in [1.29, 1.82) is 0 Å². The van der Waals surface area contributed by atoms with Crippen molar-refractivity contribution in [3.05, 3.63) is 29.3 Å². The summed E-state index contributed by atoms with van der Waals surface area (Å²) in [5, 5.41) is 0. The number of aryl methyl sites for hydroxylation is 2. The van der Waals surface area contributed by atoms with Crippen LogP contribution >= 0.6 is 0 Å². The van der Waals surface area contributed by atoms with Crippen LogP contribution in [0, 0.1) is 13.8 Å². The molecule has 1 heterocycles. The topological polar surface area (TPSA) is 29.3 Å². The zero-order chi connectivity index (χ0) is 11.1. The molecule has 0 spiro atoms. The van der Waals surface area contributed by atoms with Crippen molar-refractivity contribution in [3.8, 4) is 0 Å². The summed E-state index contributed by atoms with van der Waals surface area (Å²) in [7, 11) is 0. The summed E-state index contributed by atoms with van der Waals surface area (Å²) in [6.45, 7) is 8.49. The van der Waals surface area contributed by atoms with Gasteiger partial charge in [0, 0.05) is 24.3 Å². The van der Waals surface area contributed by atoms with E-state index in [1.54, 1.807) is 0 Å². The Balaban J connectivity index is 2.24. The van der Waals surface area contributed by atoms with E-state index in [1.165, 1.54) is 16.8 Å². The van der Waals surface area contributed by atoms with Gasteiger partial charge in [-0.05, 0) is 38.8 Å². The highest BCUT2D eigenvalue weighted by Gasteiger charge is 2.30. The molecule has 1 atom stereocenters. The molecule has 0 bridgehead atoms. The van der Waals surface area contributed by atoms with E-state index in [4.69, 9.17) is 5.73 Å². The predicted octanol–water partition coefficient (Wildman–Crippen LogP) is 2.23. The van der Waals surface area contributed by atoms with Crippen LogP contribution in [0.1, 0.15) is 24.5 Å². The second kappa shape index (κ2) is 3.53. The van der Waals surface area contributed by atoms with Crippen molar-refractivity contribution in [2.24, 2.45) is 5.73 Å². The molecule has 2 rings (SSSR count). The molecule has 1 unspecified atom stereocenters. The summed E-state index contributed by atoms with van der Waals surface area (Å²) in [5.41, 5.74) is 10.1. The van der Waals surface area contributed by atoms with Crippen LogP contribution in [0.4, 0.5) is 5.69 Å². The van der Waals surface area contributed by atoms with Crippen molar-refractivity contribution in [1.82, 2.24) is 0 Å². The normalized spacial score (nSPS) is 26.0. The average Bonchev–Trinajstić information content (AvgIpc) is 2.46. The minimum atomic E-state index is -0.0165. The third kappa shape index (κ3) is 2.15. The molecule has 15 heavy (non-hydrogen) atoms. The van der Waals surface area contributed by atoms with E-state index in [9.17, 15) is 0 Å². The molecule has 2 heteroatoms. The molecule has 82 valence electrons. The molecule has 1 aromatic carbocycles. The fraction of sp³-hybridized carbons (Fsp3) is 0.538. The Labute approximate surface area is 92.1 Å². The van der Waals surface area contributed by atoms with Gasteiger partial charge in [0.1, 0.15) is 0 Å². The first-order chi connectivity index (χ1) is 6.98. The van der Waals surface area contributed by atoms with E-state index in [0.717, 1.165) is 19.5 Å². The second-order valence-electron chi connectivity index (χ2n) is 5.12. The van der Waals surface area contributed by atoms with Gasteiger partial charge in [-0.1, -0.05) is 17.7 Å². The minimum Gasteiger partial charge on any atom is -0.369 e. The van der Waals surface area contributed by atoms with Gasteiger partial charge < -0.3 is 10.6 Å². The number of rotatable bonds is 1. The number of nitrogens with two attached hydrogens (primary N) is 1. The Hall–Kier alpha value is -1.02. The maximum atomic E-state index is 6.14. The summed E-state index contributed by atoms with van der Waals surface area (Å²) >= 11 is 0. The van der Waals surface area contributed by atoms with E-state index in [2.05, 4.69) is 43.9 Å². The second-order valence-corrected chi connectivity index (χ2v) is 5.12. The lowest BCUT2D eigenvalue weighted by atomic mass is 10.0. The smallest absolute Gasteiger partial charge is 0.0396 e. The lowest BCUT2D eigenvalue weighted by Crippen LogP contribution is -2.39. The SMILES string of the molecule is Cc1ccc(N2CCC(C)(N)C2)c(C)c1. The monoisotopic (exact) mass is 204 g/mol. The van der Waals surface area contributed by atoms with Crippen molar-refractivity contribution in [2.75, 3.05) is 18.0 Å². The number of nitrogens with zero attached hydrogens (tertiary/aromatic N) is 1. The van der Waals surface area contributed by atoms with Crippen molar-refractivity contribution in [3.63, 3.8) is 0 Å². The molecular formula is C13H20N2. The third-order valence-electron chi connectivity index (χ3n) is 3.20. The van der Waals surface area contributed by atoms with Gasteiger partial charge in [-0.3, -0.25) is 0 Å². The summed E-state index contributed by atoms with van der Waals surface area (Å²) in [6.07, 6.45) is 1.08. The maximum Gasteiger partial charge on any atom is 0.0396 e. The van der Waals surface area contributed by atoms with Crippen LogP contribution in [0.15, 0.2) is 18.2 Å². The Bertz CT molecular complexity index is 369. The first-order valence-corrected chi connectivity index (χ1v) is 5.59. The molecule has 1 aliphatic heterocycles. The van der Waals surface area contributed by atoms with Crippen molar-refractivity contribution < 1.29 is 0 Å². The maximum absolute atomic E-state index is 6.14. The zero-order valence-electron chi connectivity index (χ0n) is 9.88. The molecule has 1 aliphatic rings. The largest absolute Gasteiger partial charge is 0.369 e. The van der Waals surface area contributed by atoms with Crippen molar-refractivity contribution >= 4 is 5.69 Å². The molecule has 2 N–H and O–H groups in total. The molecule has 0 saturated carbocycles. The summed E-state index contributed by atoms with van der Waals surface area (Å²) in [6, 6.07) is 6.63. The molecule has 1 fully saturated rings. The quantitative estimate of drug-likeness (QED) is 0.760.